The number of amides is 1. The molecule has 1 aromatic carbocycles. The number of rotatable bonds is 7. The van der Waals surface area contributed by atoms with E-state index in [4.69, 9.17) is 4.74 Å². The second-order valence-electron chi connectivity index (χ2n) is 5.33. The summed E-state index contributed by atoms with van der Waals surface area (Å²) in [6, 6.07) is 7.71. The van der Waals surface area contributed by atoms with Crippen molar-refractivity contribution in [3.8, 4) is 11.8 Å². The molecule has 114 valence electrons. The van der Waals surface area contributed by atoms with Crippen LogP contribution in [-0.4, -0.2) is 13.0 Å². The van der Waals surface area contributed by atoms with Crippen molar-refractivity contribution in [2.45, 2.75) is 46.5 Å². The summed E-state index contributed by atoms with van der Waals surface area (Å²) >= 11 is 0. The van der Waals surface area contributed by atoms with Crippen molar-refractivity contribution >= 4 is 11.6 Å². The molecule has 0 saturated carbocycles. The van der Waals surface area contributed by atoms with E-state index in [1.165, 1.54) is 0 Å². The Morgan fingerprint density at radius 2 is 1.95 bits per heavy atom. The zero-order valence-corrected chi connectivity index (χ0v) is 13.3. The third-order valence-corrected chi connectivity index (χ3v) is 3.65. The molecule has 0 radical (unpaired) electrons. The van der Waals surface area contributed by atoms with E-state index in [2.05, 4.69) is 11.4 Å². The first-order chi connectivity index (χ1) is 10.0. The molecule has 0 atom stereocenters. The van der Waals surface area contributed by atoms with Gasteiger partial charge in [-0.3, -0.25) is 4.79 Å². The lowest BCUT2D eigenvalue weighted by molar-refractivity contribution is -0.123. The van der Waals surface area contributed by atoms with Crippen molar-refractivity contribution in [1.29, 1.82) is 5.26 Å². The maximum Gasteiger partial charge on any atom is 0.244 e. The van der Waals surface area contributed by atoms with Crippen molar-refractivity contribution < 1.29 is 9.53 Å². The zero-order chi connectivity index (χ0) is 15.9. The predicted molar refractivity (Wildman–Crippen MR) is 84.2 cm³/mol. The van der Waals surface area contributed by atoms with E-state index in [1.807, 2.05) is 32.9 Å². The highest BCUT2D eigenvalue weighted by molar-refractivity contribution is 5.97. The number of aryl methyl sites for hydroxylation is 1. The number of methoxy groups -OCH3 is 1. The average molecular weight is 288 g/mol. The molecule has 1 aromatic rings. The SMILES string of the molecule is CCCC(C#N)(CCC)C(=O)Nc1ccc(OC)c(C)c1. The summed E-state index contributed by atoms with van der Waals surface area (Å²) in [6.45, 7) is 5.91. The highest BCUT2D eigenvalue weighted by Gasteiger charge is 2.36. The standard InChI is InChI=1S/C17H24N2O2/c1-5-9-17(12-18,10-6-2)16(20)19-14-7-8-15(21-4)13(3)11-14/h7-8,11H,5-6,9-10H2,1-4H3,(H,19,20). The van der Waals surface area contributed by atoms with Crippen molar-refractivity contribution in [2.75, 3.05) is 12.4 Å². The number of carbonyl (C=O) groups excluding carboxylic acids is 1. The van der Waals surface area contributed by atoms with Gasteiger partial charge in [-0.2, -0.15) is 5.26 Å². The fraction of sp³-hybridized carbons (Fsp3) is 0.529. The number of nitrogens with one attached hydrogen (secondary N) is 1. The van der Waals surface area contributed by atoms with Crippen molar-refractivity contribution in [2.24, 2.45) is 5.41 Å². The van der Waals surface area contributed by atoms with Gasteiger partial charge in [0.15, 0.2) is 0 Å². The Labute approximate surface area is 127 Å². The van der Waals surface area contributed by atoms with Crippen LogP contribution in [-0.2, 0) is 4.79 Å². The lowest BCUT2D eigenvalue weighted by atomic mass is 9.79. The summed E-state index contributed by atoms with van der Waals surface area (Å²) in [4.78, 5) is 12.5. The maximum atomic E-state index is 12.5. The Hall–Kier alpha value is -2.02. The summed E-state index contributed by atoms with van der Waals surface area (Å²) in [6.07, 6.45) is 2.78. The van der Waals surface area contributed by atoms with Gasteiger partial charge in [0.1, 0.15) is 11.2 Å². The predicted octanol–water partition coefficient (Wildman–Crippen LogP) is 4.05. The normalized spacial score (nSPS) is 10.8. The Kier molecular flexibility index (Phi) is 6.23. The molecular formula is C17H24N2O2. The Balaban J connectivity index is 2.96. The van der Waals surface area contributed by atoms with Crippen LogP contribution in [0.15, 0.2) is 18.2 Å². The molecule has 0 aromatic heterocycles. The third kappa shape index (κ3) is 3.98. The van der Waals surface area contributed by atoms with Crippen LogP contribution < -0.4 is 10.1 Å². The van der Waals surface area contributed by atoms with Gasteiger partial charge < -0.3 is 10.1 Å². The molecule has 0 aliphatic rings. The molecule has 0 aliphatic heterocycles. The number of nitriles is 1. The summed E-state index contributed by atoms with van der Waals surface area (Å²) in [5.41, 5.74) is 0.714. The zero-order valence-electron chi connectivity index (χ0n) is 13.3. The summed E-state index contributed by atoms with van der Waals surface area (Å²) in [5.74, 6) is 0.569. The van der Waals surface area contributed by atoms with Crippen LogP contribution in [0.2, 0.25) is 0 Å². The van der Waals surface area contributed by atoms with Gasteiger partial charge in [0.25, 0.3) is 0 Å². The molecule has 1 rings (SSSR count). The Morgan fingerprint density at radius 1 is 1.33 bits per heavy atom. The van der Waals surface area contributed by atoms with Gasteiger partial charge >= 0.3 is 0 Å². The minimum absolute atomic E-state index is 0.210. The van der Waals surface area contributed by atoms with E-state index in [9.17, 15) is 10.1 Å². The Morgan fingerprint density at radius 3 is 2.38 bits per heavy atom. The number of ether oxygens (including phenoxy) is 1. The van der Waals surface area contributed by atoms with Gasteiger partial charge in [-0.15, -0.1) is 0 Å². The molecule has 4 nitrogen and oxygen atoms in total. The van der Waals surface area contributed by atoms with Gasteiger partial charge in [0, 0.05) is 5.69 Å². The second kappa shape index (κ2) is 7.68. The lowest BCUT2D eigenvalue weighted by Gasteiger charge is -2.24. The monoisotopic (exact) mass is 288 g/mol. The number of carbonyl (C=O) groups is 1. The molecule has 0 fully saturated rings. The molecule has 4 heteroatoms. The van der Waals surface area contributed by atoms with Crippen molar-refractivity contribution in [1.82, 2.24) is 0 Å². The quantitative estimate of drug-likeness (QED) is 0.823. The molecule has 1 N–H and O–H groups in total. The van der Waals surface area contributed by atoms with Gasteiger partial charge in [-0.1, -0.05) is 26.7 Å². The topological polar surface area (TPSA) is 62.1 Å². The summed E-state index contributed by atoms with van der Waals surface area (Å²) < 4.78 is 5.21. The van der Waals surface area contributed by atoms with Crippen LogP contribution >= 0.6 is 0 Å². The highest BCUT2D eigenvalue weighted by atomic mass is 16.5. The van der Waals surface area contributed by atoms with E-state index in [0.717, 1.165) is 24.2 Å². The van der Waals surface area contributed by atoms with Gasteiger partial charge in [-0.05, 0) is 43.5 Å². The van der Waals surface area contributed by atoms with E-state index < -0.39 is 5.41 Å². The smallest absolute Gasteiger partial charge is 0.244 e. The van der Waals surface area contributed by atoms with E-state index >= 15 is 0 Å². The van der Waals surface area contributed by atoms with Crippen LogP contribution in [0, 0.1) is 23.7 Å². The first-order valence-corrected chi connectivity index (χ1v) is 7.40. The van der Waals surface area contributed by atoms with Gasteiger partial charge in [0.2, 0.25) is 5.91 Å². The summed E-state index contributed by atoms with van der Waals surface area (Å²) in [5, 5.41) is 12.4. The average Bonchev–Trinajstić information content (AvgIpc) is 2.47. The largest absolute Gasteiger partial charge is 0.496 e. The van der Waals surface area contributed by atoms with Crippen molar-refractivity contribution in [3.63, 3.8) is 0 Å². The molecule has 0 unspecified atom stereocenters. The third-order valence-electron chi connectivity index (χ3n) is 3.65. The van der Waals surface area contributed by atoms with Crippen LogP contribution in [0.3, 0.4) is 0 Å². The molecule has 0 heterocycles. The first kappa shape index (κ1) is 17.0. The van der Waals surface area contributed by atoms with Crippen LogP contribution in [0.1, 0.15) is 45.1 Å². The maximum absolute atomic E-state index is 12.5. The fourth-order valence-electron chi connectivity index (χ4n) is 2.58. The minimum Gasteiger partial charge on any atom is -0.496 e. The molecular weight excluding hydrogens is 264 g/mol. The van der Waals surface area contributed by atoms with E-state index in [0.29, 0.717) is 18.5 Å². The van der Waals surface area contributed by atoms with Crippen molar-refractivity contribution in [3.05, 3.63) is 23.8 Å². The number of hydrogen-bond donors (Lipinski definition) is 1. The molecule has 0 saturated heterocycles. The van der Waals surface area contributed by atoms with Crippen LogP contribution in [0.5, 0.6) is 5.75 Å². The second-order valence-corrected chi connectivity index (χ2v) is 5.33. The number of hydrogen-bond acceptors (Lipinski definition) is 3. The highest BCUT2D eigenvalue weighted by Crippen LogP contribution is 2.31. The number of anilines is 1. The van der Waals surface area contributed by atoms with E-state index in [-0.39, 0.29) is 5.91 Å². The number of benzene rings is 1. The van der Waals surface area contributed by atoms with Gasteiger partial charge in [0.05, 0.1) is 13.2 Å². The lowest BCUT2D eigenvalue weighted by Crippen LogP contribution is -2.35. The number of nitrogens with zero attached hydrogens (tertiary/aromatic N) is 1. The summed E-state index contributed by atoms with van der Waals surface area (Å²) in [7, 11) is 1.61. The molecule has 0 spiro atoms. The van der Waals surface area contributed by atoms with Crippen LogP contribution in [0.25, 0.3) is 0 Å². The molecule has 21 heavy (non-hydrogen) atoms. The minimum atomic E-state index is -0.933. The molecule has 0 bridgehead atoms. The van der Waals surface area contributed by atoms with Crippen LogP contribution in [0.4, 0.5) is 5.69 Å². The molecule has 0 aliphatic carbocycles. The van der Waals surface area contributed by atoms with Gasteiger partial charge in [-0.25, -0.2) is 0 Å². The molecule has 1 amide bonds. The Bertz CT molecular complexity index is 526. The van der Waals surface area contributed by atoms with E-state index in [1.54, 1.807) is 13.2 Å². The fourth-order valence-corrected chi connectivity index (χ4v) is 2.58. The first-order valence-electron chi connectivity index (χ1n) is 7.40.